The van der Waals surface area contributed by atoms with Crippen LogP contribution in [0.2, 0.25) is 0 Å². The van der Waals surface area contributed by atoms with Crippen LogP contribution in [0.25, 0.3) is 0 Å². The third-order valence-corrected chi connectivity index (χ3v) is 12.4. The summed E-state index contributed by atoms with van der Waals surface area (Å²) in [4.78, 5) is 26.2. The van der Waals surface area contributed by atoms with E-state index in [2.05, 4.69) is 62.5 Å². The van der Waals surface area contributed by atoms with Gasteiger partial charge < -0.3 is 20.3 Å². The minimum Gasteiger partial charge on any atom is -0.462 e. The smallest absolute Gasteiger partial charge is 0.306 e. The first-order valence-electron chi connectivity index (χ1n) is 27.2. The lowest BCUT2D eigenvalue weighted by atomic mass is 10.0. The van der Waals surface area contributed by atoms with Crippen LogP contribution in [0.15, 0.2) is 36.5 Å². The fourth-order valence-electron chi connectivity index (χ4n) is 8.27. The Kier molecular flexibility index (Phi) is 48.5. The molecule has 0 aromatic carbocycles. The van der Waals surface area contributed by atoms with Crippen molar-refractivity contribution in [1.29, 1.82) is 0 Å². The van der Waals surface area contributed by atoms with Crippen LogP contribution < -0.4 is 5.32 Å². The Morgan fingerprint density at radius 1 is 0.468 bits per heavy atom. The van der Waals surface area contributed by atoms with E-state index in [4.69, 9.17) is 4.74 Å². The number of hydrogen-bond acceptors (Lipinski definition) is 5. The lowest BCUT2D eigenvalue weighted by Crippen LogP contribution is -2.46. The summed E-state index contributed by atoms with van der Waals surface area (Å²) in [6, 6.07) is -0.704. The number of amides is 1. The molecule has 0 bridgehead atoms. The van der Waals surface area contributed by atoms with E-state index >= 15 is 0 Å². The minimum absolute atomic E-state index is 0.0713. The number of unbranched alkanes of at least 4 members (excludes halogenated alkanes) is 31. The van der Waals surface area contributed by atoms with E-state index in [9.17, 15) is 19.8 Å². The summed E-state index contributed by atoms with van der Waals surface area (Å²) < 4.78 is 5.93. The molecule has 0 radical (unpaired) electrons. The molecule has 3 unspecified atom stereocenters. The topological polar surface area (TPSA) is 95.9 Å². The van der Waals surface area contributed by atoms with Gasteiger partial charge in [0.25, 0.3) is 0 Å². The number of aliphatic hydroxyl groups is 2. The van der Waals surface area contributed by atoms with E-state index in [1.807, 2.05) is 0 Å². The molecule has 0 aliphatic carbocycles. The Labute approximate surface area is 385 Å². The average Bonchev–Trinajstić information content (AvgIpc) is 3.26. The number of ether oxygens (including phenoxy) is 1. The highest BCUT2D eigenvalue weighted by molar-refractivity contribution is 5.77. The van der Waals surface area contributed by atoms with Crippen LogP contribution in [0.1, 0.15) is 284 Å². The molecule has 6 nitrogen and oxygen atoms in total. The van der Waals surface area contributed by atoms with Crippen LogP contribution in [0.3, 0.4) is 0 Å². The van der Waals surface area contributed by atoms with Gasteiger partial charge in [0.2, 0.25) is 5.91 Å². The summed E-state index contributed by atoms with van der Waals surface area (Å²) in [5.74, 6) is -0.483. The predicted octanol–water partition coefficient (Wildman–Crippen LogP) is 16.5. The molecule has 0 spiro atoms. The Morgan fingerprint density at radius 3 is 1.32 bits per heavy atom. The molecule has 6 heteroatoms. The van der Waals surface area contributed by atoms with Crippen molar-refractivity contribution in [2.24, 2.45) is 0 Å². The van der Waals surface area contributed by atoms with Crippen LogP contribution in [0.5, 0.6) is 0 Å². The Bertz CT molecular complexity index is 1020. The second-order valence-corrected chi connectivity index (χ2v) is 18.6. The second kappa shape index (κ2) is 50.1. The van der Waals surface area contributed by atoms with Crippen LogP contribution in [-0.4, -0.2) is 46.9 Å². The molecule has 0 aliphatic heterocycles. The van der Waals surface area contributed by atoms with Gasteiger partial charge in [0.1, 0.15) is 6.10 Å². The molecule has 62 heavy (non-hydrogen) atoms. The molecule has 364 valence electrons. The highest BCUT2D eigenvalue weighted by Gasteiger charge is 2.24. The molecule has 0 heterocycles. The van der Waals surface area contributed by atoms with Crippen molar-refractivity contribution in [1.82, 2.24) is 5.32 Å². The highest BCUT2D eigenvalue weighted by Crippen LogP contribution is 2.18. The first-order valence-corrected chi connectivity index (χ1v) is 27.2. The molecular weight excluding hydrogens is 767 g/mol. The van der Waals surface area contributed by atoms with Crippen molar-refractivity contribution < 1.29 is 24.5 Å². The largest absolute Gasteiger partial charge is 0.462 e. The maximum Gasteiger partial charge on any atom is 0.306 e. The molecule has 0 saturated heterocycles. The van der Waals surface area contributed by atoms with E-state index in [1.54, 1.807) is 0 Å². The first kappa shape index (κ1) is 60.1. The van der Waals surface area contributed by atoms with Crippen molar-refractivity contribution in [3.05, 3.63) is 36.5 Å². The minimum atomic E-state index is -0.790. The van der Waals surface area contributed by atoms with Gasteiger partial charge in [-0.25, -0.2) is 0 Å². The SMILES string of the molecule is CCCC/C=C\CCCCCCCC(=O)OC(CCCCCCCCC/C=C\C/C=C\CCCCC)CC(=O)NC(CO)C(O)CCCCCCCCCCCCCCCCC. The molecule has 0 aromatic rings. The van der Waals surface area contributed by atoms with E-state index in [1.165, 1.54) is 167 Å². The molecule has 3 N–H and O–H groups in total. The molecule has 0 aliphatic rings. The standard InChI is InChI=1S/C56H105NO5/c1-4-7-10-13-16-19-22-24-26-27-29-30-33-35-38-41-44-47-52(62-56(61)49-46-43-40-37-32-21-18-15-12-9-6-3)50-55(60)57-53(51-58)54(59)48-45-42-39-36-34-31-28-25-23-20-17-14-11-8-5-2/h15-16,18-19,24,26,52-54,58-59H,4-14,17,20-23,25,27-51H2,1-3H3,(H,57,60)/b18-15-,19-16-,26-24-. The quantitative estimate of drug-likeness (QED) is 0.0321. The summed E-state index contributed by atoms with van der Waals surface area (Å²) >= 11 is 0. The van der Waals surface area contributed by atoms with Gasteiger partial charge in [-0.05, 0) is 77.0 Å². The fraction of sp³-hybridized carbons (Fsp3) is 0.857. The molecule has 3 atom stereocenters. The second-order valence-electron chi connectivity index (χ2n) is 18.6. The van der Waals surface area contributed by atoms with Gasteiger partial charge in [0.05, 0.1) is 25.2 Å². The zero-order valence-corrected chi connectivity index (χ0v) is 41.5. The normalized spacial score (nSPS) is 13.4. The molecule has 0 fully saturated rings. The van der Waals surface area contributed by atoms with Crippen molar-refractivity contribution in [3.63, 3.8) is 0 Å². The van der Waals surface area contributed by atoms with Crippen LogP contribution in [0.4, 0.5) is 0 Å². The maximum atomic E-state index is 13.2. The average molecular weight is 872 g/mol. The number of aliphatic hydroxyl groups excluding tert-OH is 2. The Morgan fingerprint density at radius 2 is 0.839 bits per heavy atom. The summed E-state index contributed by atoms with van der Waals surface area (Å²) in [5, 5.41) is 23.8. The van der Waals surface area contributed by atoms with Crippen molar-refractivity contribution in [3.8, 4) is 0 Å². The fourth-order valence-corrected chi connectivity index (χ4v) is 8.27. The van der Waals surface area contributed by atoms with E-state index < -0.39 is 18.2 Å². The Hall–Kier alpha value is -1.92. The monoisotopic (exact) mass is 872 g/mol. The number of allylic oxidation sites excluding steroid dienone is 6. The van der Waals surface area contributed by atoms with Gasteiger partial charge in [-0.2, -0.15) is 0 Å². The maximum absolute atomic E-state index is 13.2. The zero-order chi connectivity index (χ0) is 45.2. The van der Waals surface area contributed by atoms with Gasteiger partial charge in [0.15, 0.2) is 0 Å². The number of nitrogens with one attached hydrogen (secondary N) is 1. The van der Waals surface area contributed by atoms with Crippen molar-refractivity contribution in [2.45, 2.75) is 302 Å². The number of carbonyl (C=O) groups excluding carboxylic acids is 2. The molecule has 1 amide bonds. The molecule has 0 aromatic heterocycles. The zero-order valence-electron chi connectivity index (χ0n) is 41.5. The number of esters is 1. The van der Waals surface area contributed by atoms with Gasteiger partial charge in [-0.1, -0.05) is 231 Å². The van der Waals surface area contributed by atoms with Crippen molar-refractivity contribution in [2.75, 3.05) is 6.61 Å². The van der Waals surface area contributed by atoms with Gasteiger partial charge in [-0.3, -0.25) is 9.59 Å². The summed E-state index contributed by atoms with van der Waals surface area (Å²) in [7, 11) is 0. The van der Waals surface area contributed by atoms with Gasteiger partial charge in [0, 0.05) is 6.42 Å². The van der Waals surface area contributed by atoms with E-state index in [0.717, 1.165) is 70.6 Å². The summed E-state index contributed by atoms with van der Waals surface area (Å²) in [6.07, 6.45) is 59.2. The predicted molar refractivity (Wildman–Crippen MR) is 269 cm³/mol. The summed E-state index contributed by atoms with van der Waals surface area (Å²) in [6.45, 7) is 6.44. The van der Waals surface area contributed by atoms with Crippen LogP contribution in [-0.2, 0) is 14.3 Å². The lowest BCUT2D eigenvalue weighted by Gasteiger charge is -2.24. The van der Waals surface area contributed by atoms with Crippen LogP contribution in [0, 0.1) is 0 Å². The third-order valence-electron chi connectivity index (χ3n) is 12.4. The van der Waals surface area contributed by atoms with Gasteiger partial charge in [-0.15, -0.1) is 0 Å². The lowest BCUT2D eigenvalue weighted by molar-refractivity contribution is -0.151. The molecule has 0 rings (SSSR count). The number of hydrogen-bond donors (Lipinski definition) is 3. The number of rotatable bonds is 49. The van der Waals surface area contributed by atoms with E-state index in [0.29, 0.717) is 19.3 Å². The molecule has 0 saturated carbocycles. The van der Waals surface area contributed by atoms with E-state index in [-0.39, 0.29) is 24.9 Å². The summed E-state index contributed by atoms with van der Waals surface area (Å²) in [5.41, 5.74) is 0. The third kappa shape index (κ3) is 44.7. The van der Waals surface area contributed by atoms with Crippen LogP contribution >= 0.6 is 0 Å². The van der Waals surface area contributed by atoms with Crippen molar-refractivity contribution >= 4 is 11.9 Å². The number of carbonyl (C=O) groups is 2. The highest BCUT2D eigenvalue weighted by atomic mass is 16.5. The van der Waals surface area contributed by atoms with Gasteiger partial charge >= 0.3 is 5.97 Å². The first-order chi connectivity index (χ1) is 30.5. The Balaban J connectivity index is 4.54. The molecular formula is C56H105NO5.